The molecule has 1 aromatic heterocycles. The first-order valence-corrected chi connectivity index (χ1v) is 6.12. The first kappa shape index (κ1) is 12.1. The van der Waals surface area contributed by atoms with Gasteiger partial charge in [-0.05, 0) is 31.8 Å². The highest BCUT2D eigenvalue weighted by atomic mass is 16.1. The van der Waals surface area contributed by atoms with Crippen molar-refractivity contribution in [1.82, 2.24) is 14.9 Å². The highest BCUT2D eigenvalue weighted by Gasteiger charge is 2.17. The minimum atomic E-state index is -0.0289. The lowest BCUT2D eigenvalue weighted by Gasteiger charge is -2.27. The fourth-order valence-electron chi connectivity index (χ4n) is 2.30. The first-order valence-electron chi connectivity index (χ1n) is 6.12. The zero-order valence-electron chi connectivity index (χ0n) is 10.5. The molecule has 0 bridgehead atoms. The van der Waals surface area contributed by atoms with Crippen LogP contribution in [0.2, 0.25) is 0 Å². The summed E-state index contributed by atoms with van der Waals surface area (Å²) in [6, 6.07) is 0. The summed E-state index contributed by atoms with van der Waals surface area (Å²) in [7, 11) is 3.70. The van der Waals surface area contributed by atoms with E-state index in [1.54, 1.807) is 24.0 Å². The van der Waals surface area contributed by atoms with Crippen LogP contribution in [0.1, 0.15) is 12.8 Å². The second-order valence-corrected chi connectivity index (χ2v) is 4.76. The maximum Gasteiger partial charge on any atom is 0.293 e. The average Bonchev–Trinajstić information content (AvgIpc) is 2.34. The van der Waals surface area contributed by atoms with Crippen LogP contribution >= 0.6 is 0 Å². The predicted octanol–water partition coefficient (Wildman–Crippen LogP) is 0.216. The van der Waals surface area contributed by atoms with Crippen LogP contribution in [-0.4, -0.2) is 36.2 Å². The molecule has 2 rings (SSSR count). The maximum atomic E-state index is 11.9. The zero-order valence-corrected chi connectivity index (χ0v) is 10.5. The third kappa shape index (κ3) is 2.85. The standard InChI is InChI=1S/C12H20N4O/c1-15-7-6-14-11(12(15)17)16(2)9-10-4-3-5-13-8-10/h6-7,10,13H,3-5,8-9H2,1-2H3. The van der Waals surface area contributed by atoms with Crippen molar-refractivity contribution >= 4 is 5.82 Å². The summed E-state index contributed by atoms with van der Waals surface area (Å²) in [4.78, 5) is 18.0. The van der Waals surface area contributed by atoms with Gasteiger partial charge >= 0.3 is 0 Å². The molecule has 1 unspecified atom stereocenters. The van der Waals surface area contributed by atoms with Crippen LogP contribution in [0.4, 0.5) is 5.82 Å². The first-order chi connectivity index (χ1) is 8.18. The van der Waals surface area contributed by atoms with Crippen molar-refractivity contribution < 1.29 is 0 Å². The number of rotatable bonds is 3. The van der Waals surface area contributed by atoms with E-state index in [-0.39, 0.29) is 5.56 Å². The molecule has 5 nitrogen and oxygen atoms in total. The smallest absolute Gasteiger partial charge is 0.293 e. The average molecular weight is 236 g/mol. The van der Waals surface area contributed by atoms with E-state index in [4.69, 9.17) is 0 Å². The molecule has 0 aliphatic carbocycles. The SMILES string of the molecule is CN(CC1CCCNC1)c1nccn(C)c1=O. The molecule has 1 aromatic rings. The topological polar surface area (TPSA) is 50.2 Å². The number of nitrogens with one attached hydrogen (secondary N) is 1. The number of aromatic nitrogens is 2. The minimum Gasteiger partial charge on any atom is -0.355 e. The van der Waals surface area contributed by atoms with Gasteiger partial charge in [0, 0.05) is 33.0 Å². The molecule has 0 amide bonds. The van der Waals surface area contributed by atoms with E-state index in [9.17, 15) is 4.79 Å². The Morgan fingerprint density at radius 3 is 3.18 bits per heavy atom. The molecule has 1 fully saturated rings. The molecule has 0 saturated carbocycles. The Morgan fingerprint density at radius 1 is 1.65 bits per heavy atom. The lowest BCUT2D eigenvalue weighted by atomic mass is 9.99. The second kappa shape index (κ2) is 5.31. The molecule has 0 aromatic carbocycles. The summed E-state index contributed by atoms with van der Waals surface area (Å²) in [6.45, 7) is 3.04. The molecule has 17 heavy (non-hydrogen) atoms. The van der Waals surface area contributed by atoms with E-state index in [1.807, 2.05) is 11.9 Å². The van der Waals surface area contributed by atoms with Gasteiger partial charge in [-0.1, -0.05) is 0 Å². The van der Waals surface area contributed by atoms with Crippen molar-refractivity contribution in [3.05, 3.63) is 22.7 Å². The Labute approximate surface area is 101 Å². The van der Waals surface area contributed by atoms with Gasteiger partial charge in [0.05, 0.1) is 0 Å². The van der Waals surface area contributed by atoms with E-state index in [0.29, 0.717) is 11.7 Å². The molecule has 2 heterocycles. The summed E-state index contributed by atoms with van der Waals surface area (Å²) in [5.74, 6) is 1.15. The van der Waals surface area contributed by atoms with Crippen LogP contribution in [0.25, 0.3) is 0 Å². The fraction of sp³-hybridized carbons (Fsp3) is 0.667. The monoisotopic (exact) mass is 236 g/mol. The Kier molecular flexibility index (Phi) is 3.78. The molecule has 1 atom stereocenters. The highest BCUT2D eigenvalue weighted by Crippen LogP contribution is 2.12. The lowest BCUT2D eigenvalue weighted by molar-refractivity contribution is 0.380. The minimum absolute atomic E-state index is 0.0289. The van der Waals surface area contributed by atoms with Crippen molar-refractivity contribution in [2.75, 3.05) is 31.6 Å². The molecule has 1 N–H and O–H groups in total. The van der Waals surface area contributed by atoms with Crippen LogP contribution < -0.4 is 15.8 Å². The molecular formula is C12H20N4O. The van der Waals surface area contributed by atoms with E-state index in [1.165, 1.54) is 12.8 Å². The summed E-state index contributed by atoms with van der Waals surface area (Å²) in [5.41, 5.74) is -0.0289. The van der Waals surface area contributed by atoms with Gasteiger partial charge in [0.1, 0.15) is 0 Å². The number of piperidine rings is 1. The van der Waals surface area contributed by atoms with Crippen molar-refractivity contribution in [2.45, 2.75) is 12.8 Å². The van der Waals surface area contributed by atoms with Crippen molar-refractivity contribution in [3.63, 3.8) is 0 Å². The fourth-order valence-corrected chi connectivity index (χ4v) is 2.30. The van der Waals surface area contributed by atoms with Crippen LogP contribution in [-0.2, 0) is 7.05 Å². The molecule has 94 valence electrons. The molecule has 0 radical (unpaired) electrons. The largest absolute Gasteiger partial charge is 0.355 e. The molecule has 1 aliphatic heterocycles. The number of nitrogens with zero attached hydrogens (tertiary/aromatic N) is 3. The molecule has 1 saturated heterocycles. The molecule has 0 spiro atoms. The van der Waals surface area contributed by atoms with E-state index >= 15 is 0 Å². The summed E-state index contributed by atoms with van der Waals surface area (Å²) in [5, 5.41) is 3.39. The number of anilines is 1. The molecular weight excluding hydrogens is 216 g/mol. The van der Waals surface area contributed by atoms with Gasteiger partial charge in [-0.3, -0.25) is 4.79 Å². The lowest BCUT2D eigenvalue weighted by Crippen LogP contribution is -2.39. The van der Waals surface area contributed by atoms with Crippen LogP contribution in [0.5, 0.6) is 0 Å². The van der Waals surface area contributed by atoms with E-state index in [0.717, 1.165) is 19.6 Å². The number of aryl methyl sites for hydroxylation is 1. The van der Waals surface area contributed by atoms with Crippen molar-refractivity contribution in [2.24, 2.45) is 13.0 Å². The third-order valence-corrected chi connectivity index (χ3v) is 3.29. The van der Waals surface area contributed by atoms with Crippen molar-refractivity contribution in [1.29, 1.82) is 0 Å². The Morgan fingerprint density at radius 2 is 2.47 bits per heavy atom. The van der Waals surface area contributed by atoms with Gasteiger partial charge in [-0.25, -0.2) is 4.98 Å². The normalized spacial score (nSPS) is 20.2. The van der Waals surface area contributed by atoms with Crippen LogP contribution in [0, 0.1) is 5.92 Å². The second-order valence-electron chi connectivity index (χ2n) is 4.76. The Bertz CT molecular complexity index is 423. The quantitative estimate of drug-likeness (QED) is 0.815. The Hall–Kier alpha value is -1.36. The van der Waals surface area contributed by atoms with Crippen LogP contribution in [0.15, 0.2) is 17.2 Å². The molecule has 1 aliphatic rings. The Balaban J connectivity index is 2.06. The zero-order chi connectivity index (χ0) is 12.3. The summed E-state index contributed by atoms with van der Waals surface area (Å²) >= 11 is 0. The van der Waals surface area contributed by atoms with E-state index < -0.39 is 0 Å². The van der Waals surface area contributed by atoms with E-state index in [2.05, 4.69) is 10.3 Å². The van der Waals surface area contributed by atoms with Crippen LogP contribution in [0.3, 0.4) is 0 Å². The van der Waals surface area contributed by atoms with Gasteiger partial charge in [0.2, 0.25) is 0 Å². The highest BCUT2D eigenvalue weighted by molar-refractivity contribution is 5.34. The predicted molar refractivity (Wildman–Crippen MR) is 68.3 cm³/mol. The van der Waals surface area contributed by atoms with Gasteiger partial charge in [-0.2, -0.15) is 0 Å². The number of hydrogen-bond donors (Lipinski definition) is 1. The van der Waals surface area contributed by atoms with Gasteiger partial charge in [-0.15, -0.1) is 0 Å². The number of hydrogen-bond acceptors (Lipinski definition) is 4. The van der Waals surface area contributed by atoms with Gasteiger partial charge in [0.15, 0.2) is 5.82 Å². The van der Waals surface area contributed by atoms with Gasteiger partial charge < -0.3 is 14.8 Å². The third-order valence-electron chi connectivity index (χ3n) is 3.29. The van der Waals surface area contributed by atoms with Crippen molar-refractivity contribution in [3.8, 4) is 0 Å². The maximum absolute atomic E-state index is 11.9. The molecule has 5 heteroatoms. The summed E-state index contributed by atoms with van der Waals surface area (Å²) < 4.78 is 1.57. The van der Waals surface area contributed by atoms with Gasteiger partial charge in [0.25, 0.3) is 5.56 Å². The summed E-state index contributed by atoms with van der Waals surface area (Å²) in [6.07, 6.45) is 5.80.